The molecule has 0 aliphatic carbocycles. The molecule has 1 aromatic rings. The lowest BCUT2D eigenvalue weighted by Gasteiger charge is -2.21. The number of amides is 1. The van der Waals surface area contributed by atoms with E-state index in [2.05, 4.69) is 5.32 Å². The van der Waals surface area contributed by atoms with Crippen molar-refractivity contribution in [2.45, 2.75) is 50.5 Å². The molecule has 2 atom stereocenters. The van der Waals surface area contributed by atoms with Crippen LogP contribution in [0.1, 0.15) is 32.3 Å². The molecule has 7 heteroatoms. The fraction of sp³-hybridized carbons (Fsp3) is 0.474. The van der Waals surface area contributed by atoms with Crippen LogP contribution in [-0.2, 0) is 25.5 Å². The first-order valence-electron chi connectivity index (χ1n) is 8.48. The average molecular weight is 378 g/mol. The number of hydrogen-bond acceptors (Lipinski definition) is 6. The lowest BCUT2D eigenvalue weighted by molar-refractivity contribution is -0.151. The Labute approximate surface area is 158 Å². The van der Waals surface area contributed by atoms with Crippen LogP contribution in [0.25, 0.3) is 0 Å². The van der Waals surface area contributed by atoms with Crippen molar-refractivity contribution < 1.29 is 19.1 Å². The number of benzene rings is 1. The Kier molecular flexibility index (Phi) is 9.65. The third-order valence-corrected chi connectivity index (χ3v) is 4.58. The summed E-state index contributed by atoms with van der Waals surface area (Å²) in [6.45, 7) is 3.44. The molecule has 26 heavy (non-hydrogen) atoms. The van der Waals surface area contributed by atoms with Crippen LogP contribution in [0, 0.1) is 5.41 Å². The summed E-state index contributed by atoms with van der Waals surface area (Å²) in [7, 11) is 0. The Bertz CT molecular complexity index is 619. The summed E-state index contributed by atoms with van der Waals surface area (Å²) < 4.78 is 5.18. The topological polar surface area (TPSA) is 96.3 Å². The van der Waals surface area contributed by atoms with Crippen molar-refractivity contribution in [1.82, 2.24) is 5.32 Å². The first-order valence-corrected chi connectivity index (χ1v) is 9.77. The van der Waals surface area contributed by atoms with Gasteiger partial charge in [-0.25, -0.2) is 4.79 Å². The van der Waals surface area contributed by atoms with Crippen LogP contribution in [0.3, 0.4) is 0 Å². The second-order valence-electron chi connectivity index (χ2n) is 6.11. The molecule has 0 aliphatic heterocycles. The Morgan fingerprint density at radius 1 is 1.23 bits per heavy atom. The Morgan fingerprint density at radius 2 is 1.88 bits per heavy atom. The minimum absolute atomic E-state index is 0.00423. The maximum absolute atomic E-state index is 12.6. The molecule has 0 saturated carbocycles. The number of thioether (sulfide) groups is 1. The number of hydrogen-bond donors (Lipinski definition) is 2. The van der Waals surface area contributed by atoms with E-state index in [9.17, 15) is 14.4 Å². The van der Waals surface area contributed by atoms with Crippen molar-refractivity contribution in [3.8, 4) is 0 Å². The van der Waals surface area contributed by atoms with Gasteiger partial charge in [0.2, 0.25) is 5.91 Å². The normalized spacial score (nSPS) is 12.9. The fourth-order valence-electron chi connectivity index (χ4n) is 2.30. The smallest absolute Gasteiger partial charge is 0.328 e. The molecule has 0 aliphatic rings. The van der Waals surface area contributed by atoms with Gasteiger partial charge in [-0.3, -0.25) is 9.59 Å². The zero-order valence-electron chi connectivity index (χ0n) is 15.4. The Hall–Kier alpha value is -2.15. The number of esters is 1. The fourth-order valence-corrected chi connectivity index (χ4v) is 2.94. The number of nitrogens with one attached hydrogen (secondary N) is 2. The van der Waals surface area contributed by atoms with E-state index < -0.39 is 17.8 Å². The molecule has 6 nitrogen and oxygen atoms in total. The summed E-state index contributed by atoms with van der Waals surface area (Å²) in [6.07, 6.45) is 2.89. The van der Waals surface area contributed by atoms with Crippen LogP contribution in [-0.4, -0.2) is 47.5 Å². The molecule has 0 fully saturated rings. The second kappa shape index (κ2) is 11.5. The van der Waals surface area contributed by atoms with Gasteiger partial charge in [0.05, 0.1) is 17.6 Å². The lowest BCUT2D eigenvalue weighted by Crippen LogP contribution is -2.46. The van der Waals surface area contributed by atoms with Crippen LogP contribution in [0.4, 0.5) is 0 Å². The van der Waals surface area contributed by atoms with Gasteiger partial charge >= 0.3 is 5.97 Å². The van der Waals surface area contributed by atoms with E-state index in [-0.39, 0.29) is 30.1 Å². The van der Waals surface area contributed by atoms with Gasteiger partial charge in [-0.1, -0.05) is 30.3 Å². The minimum Gasteiger partial charge on any atom is -0.461 e. The van der Waals surface area contributed by atoms with Crippen LogP contribution in [0.15, 0.2) is 30.3 Å². The zero-order chi connectivity index (χ0) is 19.5. The summed E-state index contributed by atoms with van der Waals surface area (Å²) in [6, 6.07) is 8.73. The lowest BCUT2D eigenvalue weighted by atomic mass is 10.1. The molecule has 0 heterocycles. The Morgan fingerprint density at radius 3 is 2.42 bits per heavy atom. The standard InChI is InChI=1S/C19H26N2O4S/c1-13(2)25-19(24)16(10-9-15(22)12-20)21-18(23)17(26-3)11-14-7-5-4-6-8-14/h4-8,12-13,16-17,20H,9-11H2,1-3H3,(H,21,23)/t16-,17-/m0/s1. The summed E-state index contributed by atoms with van der Waals surface area (Å²) in [5.74, 6) is -1.23. The van der Waals surface area contributed by atoms with Crippen LogP contribution >= 0.6 is 11.8 Å². The summed E-state index contributed by atoms with van der Waals surface area (Å²) in [5, 5.41) is 9.31. The predicted octanol–water partition coefficient (Wildman–Crippen LogP) is 2.40. The highest BCUT2D eigenvalue weighted by molar-refractivity contribution is 7.99. The molecule has 0 radical (unpaired) electrons. The quantitative estimate of drug-likeness (QED) is 0.455. The van der Waals surface area contributed by atoms with Crippen molar-refractivity contribution >= 4 is 35.6 Å². The van der Waals surface area contributed by atoms with Crippen molar-refractivity contribution in [3.63, 3.8) is 0 Å². The number of rotatable bonds is 11. The Balaban J connectivity index is 2.78. The largest absolute Gasteiger partial charge is 0.461 e. The SMILES string of the molecule is CS[C@@H](Cc1ccccc1)C(=O)N[C@@H](CCC(=O)C=N)C(=O)OC(C)C. The molecule has 0 unspecified atom stereocenters. The van der Waals surface area contributed by atoms with E-state index in [0.717, 1.165) is 5.56 Å². The van der Waals surface area contributed by atoms with Gasteiger partial charge in [-0.05, 0) is 38.5 Å². The summed E-state index contributed by atoms with van der Waals surface area (Å²) in [4.78, 5) is 36.2. The highest BCUT2D eigenvalue weighted by Crippen LogP contribution is 2.15. The number of Topliss-reactive ketones (excluding diaryl/α,β-unsaturated/α-hetero) is 1. The summed E-state index contributed by atoms with van der Waals surface area (Å²) in [5.41, 5.74) is 1.03. The van der Waals surface area contributed by atoms with Gasteiger partial charge in [-0.15, -0.1) is 0 Å². The van der Waals surface area contributed by atoms with Crippen LogP contribution < -0.4 is 5.32 Å². The zero-order valence-corrected chi connectivity index (χ0v) is 16.2. The number of ketones is 1. The van der Waals surface area contributed by atoms with E-state index in [4.69, 9.17) is 10.1 Å². The van der Waals surface area contributed by atoms with E-state index in [1.165, 1.54) is 11.8 Å². The minimum atomic E-state index is -0.903. The van der Waals surface area contributed by atoms with E-state index >= 15 is 0 Å². The molecule has 1 amide bonds. The molecule has 142 valence electrons. The van der Waals surface area contributed by atoms with Gasteiger partial charge < -0.3 is 15.5 Å². The van der Waals surface area contributed by atoms with Crippen molar-refractivity contribution in [1.29, 1.82) is 5.41 Å². The molecule has 1 rings (SSSR count). The molecule has 2 N–H and O–H groups in total. The van der Waals surface area contributed by atoms with Gasteiger partial charge in [0.25, 0.3) is 0 Å². The van der Waals surface area contributed by atoms with Crippen molar-refractivity contribution in [2.75, 3.05) is 6.26 Å². The molecular weight excluding hydrogens is 352 g/mol. The third kappa shape index (κ3) is 7.82. The van der Waals surface area contributed by atoms with Crippen molar-refractivity contribution in [3.05, 3.63) is 35.9 Å². The predicted molar refractivity (Wildman–Crippen MR) is 104 cm³/mol. The second-order valence-corrected chi connectivity index (χ2v) is 7.15. The molecule has 0 saturated heterocycles. The molecule has 1 aromatic carbocycles. The van der Waals surface area contributed by atoms with Crippen LogP contribution in [0.5, 0.6) is 0 Å². The molecule has 0 aromatic heterocycles. The van der Waals surface area contributed by atoms with Gasteiger partial charge in [0.15, 0.2) is 5.78 Å². The van der Waals surface area contributed by atoms with Crippen LogP contribution in [0.2, 0.25) is 0 Å². The molecule has 0 spiro atoms. The first kappa shape index (κ1) is 21.9. The van der Waals surface area contributed by atoms with E-state index in [1.807, 2.05) is 36.6 Å². The molecular formula is C19H26N2O4S. The highest BCUT2D eigenvalue weighted by atomic mass is 32.2. The monoisotopic (exact) mass is 378 g/mol. The van der Waals surface area contributed by atoms with Gasteiger partial charge in [-0.2, -0.15) is 11.8 Å². The first-order chi connectivity index (χ1) is 12.4. The summed E-state index contributed by atoms with van der Waals surface area (Å²) >= 11 is 1.40. The van der Waals surface area contributed by atoms with Gasteiger partial charge in [0.1, 0.15) is 6.04 Å². The van der Waals surface area contributed by atoms with E-state index in [1.54, 1.807) is 13.8 Å². The maximum Gasteiger partial charge on any atom is 0.328 e. The highest BCUT2D eigenvalue weighted by Gasteiger charge is 2.27. The van der Waals surface area contributed by atoms with Crippen molar-refractivity contribution in [2.24, 2.45) is 0 Å². The average Bonchev–Trinajstić information content (AvgIpc) is 2.62. The third-order valence-electron chi connectivity index (χ3n) is 3.63. The maximum atomic E-state index is 12.6. The number of carbonyl (C=O) groups excluding carboxylic acids is 3. The molecule has 0 bridgehead atoms. The van der Waals surface area contributed by atoms with Gasteiger partial charge in [0, 0.05) is 6.42 Å². The number of ether oxygens (including phenoxy) is 1. The number of carbonyl (C=O) groups is 3. The van der Waals surface area contributed by atoms with E-state index in [0.29, 0.717) is 12.6 Å².